The molecule has 2 aromatic carbocycles. The van der Waals surface area contributed by atoms with Crippen LogP contribution in [-0.4, -0.2) is 24.0 Å². The fourth-order valence-corrected chi connectivity index (χ4v) is 3.53. The molecule has 1 aromatic heterocycles. The Morgan fingerprint density at radius 2 is 2.04 bits per heavy atom. The van der Waals surface area contributed by atoms with Crippen LogP contribution in [0.3, 0.4) is 0 Å². The van der Waals surface area contributed by atoms with Gasteiger partial charge in [-0.25, -0.2) is 4.39 Å². The number of carbonyl (C=O) groups is 1. The van der Waals surface area contributed by atoms with Crippen molar-refractivity contribution < 1.29 is 13.9 Å². The number of aromatic amines is 1. The van der Waals surface area contributed by atoms with Crippen LogP contribution in [0.1, 0.15) is 28.0 Å². The number of nitrogens with one attached hydrogen (secondary N) is 2. The molecule has 0 saturated heterocycles. The molecule has 0 saturated carbocycles. The maximum absolute atomic E-state index is 13.4. The lowest BCUT2D eigenvalue weighted by molar-refractivity contribution is 0.0933. The third kappa shape index (κ3) is 2.97. The minimum Gasteiger partial charge on any atom is -0.497 e. The molecule has 1 aliphatic carbocycles. The molecule has 1 atom stereocenters. The summed E-state index contributed by atoms with van der Waals surface area (Å²) in [6, 6.07) is 12.0. The quantitative estimate of drug-likeness (QED) is 0.767. The van der Waals surface area contributed by atoms with Gasteiger partial charge in [0.1, 0.15) is 11.6 Å². The van der Waals surface area contributed by atoms with Crippen molar-refractivity contribution in [2.24, 2.45) is 0 Å². The predicted octanol–water partition coefficient (Wildman–Crippen LogP) is 3.60. The fraction of sp³-hybridized carbons (Fsp3) is 0.250. The zero-order valence-corrected chi connectivity index (χ0v) is 13.9. The molecule has 5 heteroatoms. The number of methoxy groups -OCH3 is 1. The number of H-pyrrole nitrogens is 1. The zero-order chi connectivity index (χ0) is 17.4. The second-order valence-corrected chi connectivity index (χ2v) is 6.41. The minimum absolute atomic E-state index is 0.0751. The van der Waals surface area contributed by atoms with E-state index < -0.39 is 0 Å². The summed E-state index contributed by atoms with van der Waals surface area (Å²) in [4.78, 5) is 15.8. The third-order valence-corrected chi connectivity index (χ3v) is 4.84. The number of ether oxygens (including phenoxy) is 1. The average Bonchev–Trinajstić information content (AvgIpc) is 2.98. The molecule has 2 N–H and O–H groups in total. The predicted molar refractivity (Wildman–Crippen MR) is 94.5 cm³/mol. The second-order valence-electron chi connectivity index (χ2n) is 6.41. The lowest BCUT2D eigenvalue weighted by atomic mass is 9.91. The number of hydrogen-bond acceptors (Lipinski definition) is 2. The Morgan fingerprint density at radius 3 is 2.80 bits per heavy atom. The van der Waals surface area contributed by atoms with E-state index in [0.29, 0.717) is 5.56 Å². The van der Waals surface area contributed by atoms with Crippen LogP contribution >= 0.6 is 0 Å². The monoisotopic (exact) mass is 338 g/mol. The van der Waals surface area contributed by atoms with Gasteiger partial charge in [0.25, 0.3) is 5.91 Å². The molecule has 1 heterocycles. The van der Waals surface area contributed by atoms with Crippen molar-refractivity contribution in [3.8, 4) is 5.75 Å². The minimum atomic E-state index is -0.240. The third-order valence-electron chi connectivity index (χ3n) is 4.84. The maximum atomic E-state index is 13.4. The van der Waals surface area contributed by atoms with E-state index in [1.807, 2.05) is 6.07 Å². The summed E-state index contributed by atoms with van der Waals surface area (Å²) >= 11 is 0. The van der Waals surface area contributed by atoms with Gasteiger partial charge in [0, 0.05) is 28.2 Å². The SMILES string of the molecule is COc1ccc(C(=O)NC2CCc3[nH]c4cc(F)ccc4c3C2)cc1. The van der Waals surface area contributed by atoms with Crippen molar-refractivity contribution in [2.45, 2.75) is 25.3 Å². The van der Waals surface area contributed by atoms with E-state index >= 15 is 0 Å². The highest BCUT2D eigenvalue weighted by Crippen LogP contribution is 2.29. The molecule has 3 aromatic rings. The molecule has 1 amide bonds. The van der Waals surface area contributed by atoms with E-state index in [0.717, 1.165) is 41.6 Å². The summed E-state index contributed by atoms with van der Waals surface area (Å²) in [6.45, 7) is 0. The van der Waals surface area contributed by atoms with Crippen molar-refractivity contribution in [1.82, 2.24) is 10.3 Å². The van der Waals surface area contributed by atoms with Crippen LogP contribution in [0.5, 0.6) is 5.75 Å². The number of aryl methyl sites for hydroxylation is 1. The highest BCUT2D eigenvalue weighted by molar-refractivity contribution is 5.94. The molecule has 4 rings (SSSR count). The van der Waals surface area contributed by atoms with Gasteiger partial charge in [0.15, 0.2) is 0 Å². The highest BCUT2D eigenvalue weighted by Gasteiger charge is 2.24. The number of amides is 1. The Bertz CT molecular complexity index is 931. The van der Waals surface area contributed by atoms with Crippen molar-refractivity contribution >= 4 is 16.8 Å². The summed E-state index contributed by atoms with van der Waals surface area (Å²) < 4.78 is 18.5. The van der Waals surface area contributed by atoms with Gasteiger partial charge in [0.05, 0.1) is 7.11 Å². The molecular weight excluding hydrogens is 319 g/mol. The Labute approximate surface area is 145 Å². The molecule has 1 unspecified atom stereocenters. The van der Waals surface area contributed by atoms with E-state index in [-0.39, 0.29) is 17.8 Å². The Hall–Kier alpha value is -2.82. The first-order chi connectivity index (χ1) is 12.1. The average molecular weight is 338 g/mol. The van der Waals surface area contributed by atoms with Gasteiger partial charge < -0.3 is 15.0 Å². The number of carbonyl (C=O) groups excluding carboxylic acids is 1. The van der Waals surface area contributed by atoms with Crippen LogP contribution in [0, 0.1) is 5.82 Å². The topological polar surface area (TPSA) is 54.1 Å². The van der Waals surface area contributed by atoms with Gasteiger partial charge in [-0.15, -0.1) is 0 Å². The second kappa shape index (κ2) is 6.24. The molecule has 0 bridgehead atoms. The van der Waals surface area contributed by atoms with Crippen molar-refractivity contribution in [2.75, 3.05) is 7.11 Å². The van der Waals surface area contributed by atoms with Gasteiger partial charge >= 0.3 is 0 Å². The Morgan fingerprint density at radius 1 is 1.24 bits per heavy atom. The lowest BCUT2D eigenvalue weighted by Crippen LogP contribution is -2.38. The highest BCUT2D eigenvalue weighted by atomic mass is 19.1. The number of aromatic nitrogens is 1. The largest absolute Gasteiger partial charge is 0.497 e. The van der Waals surface area contributed by atoms with Gasteiger partial charge in [0.2, 0.25) is 0 Å². The van der Waals surface area contributed by atoms with Crippen LogP contribution in [0.4, 0.5) is 4.39 Å². The summed E-state index contributed by atoms with van der Waals surface area (Å²) in [5.41, 5.74) is 3.77. The van der Waals surface area contributed by atoms with E-state index in [1.165, 1.54) is 17.7 Å². The Balaban J connectivity index is 1.51. The fourth-order valence-electron chi connectivity index (χ4n) is 3.53. The molecule has 128 valence electrons. The van der Waals surface area contributed by atoms with Crippen LogP contribution in [0.15, 0.2) is 42.5 Å². The van der Waals surface area contributed by atoms with E-state index in [9.17, 15) is 9.18 Å². The number of rotatable bonds is 3. The molecule has 1 aliphatic rings. The number of fused-ring (bicyclic) bond motifs is 3. The van der Waals surface area contributed by atoms with Crippen LogP contribution < -0.4 is 10.1 Å². The first-order valence-corrected chi connectivity index (χ1v) is 8.38. The van der Waals surface area contributed by atoms with E-state index in [2.05, 4.69) is 10.3 Å². The van der Waals surface area contributed by atoms with Crippen molar-refractivity contribution in [3.05, 3.63) is 65.1 Å². The van der Waals surface area contributed by atoms with Gasteiger partial charge in [-0.05, 0) is 67.3 Å². The van der Waals surface area contributed by atoms with Crippen LogP contribution in [0.25, 0.3) is 10.9 Å². The number of hydrogen-bond donors (Lipinski definition) is 2. The molecule has 4 nitrogen and oxygen atoms in total. The van der Waals surface area contributed by atoms with Crippen molar-refractivity contribution in [1.29, 1.82) is 0 Å². The summed E-state index contributed by atoms with van der Waals surface area (Å²) in [5.74, 6) is 0.405. The van der Waals surface area contributed by atoms with Crippen LogP contribution in [-0.2, 0) is 12.8 Å². The molecule has 0 spiro atoms. The summed E-state index contributed by atoms with van der Waals surface area (Å²) in [5, 5.41) is 4.15. The van der Waals surface area contributed by atoms with E-state index in [1.54, 1.807) is 31.4 Å². The normalized spacial score (nSPS) is 16.5. The van der Waals surface area contributed by atoms with Gasteiger partial charge in [-0.3, -0.25) is 4.79 Å². The lowest BCUT2D eigenvalue weighted by Gasteiger charge is -2.23. The number of benzene rings is 2. The zero-order valence-electron chi connectivity index (χ0n) is 13.9. The summed E-state index contributed by atoms with van der Waals surface area (Å²) in [7, 11) is 1.60. The smallest absolute Gasteiger partial charge is 0.251 e. The first-order valence-electron chi connectivity index (χ1n) is 8.38. The maximum Gasteiger partial charge on any atom is 0.251 e. The summed E-state index contributed by atoms with van der Waals surface area (Å²) in [6.07, 6.45) is 2.46. The number of halogens is 1. The van der Waals surface area contributed by atoms with Crippen LogP contribution in [0.2, 0.25) is 0 Å². The first kappa shape index (κ1) is 15.7. The molecule has 0 radical (unpaired) electrons. The molecular formula is C20H19FN2O2. The van der Waals surface area contributed by atoms with Crippen molar-refractivity contribution in [3.63, 3.8) is 0 Å². The standard InChI is InChI=1S/C20H19FN2O2/c1-25-15-6-2-12(3-7-15)20(24)22-14-5-9-18-17(11-14)16-8-4-13(21)10-19(16)23-18/h2-4,6-8,10,14,23H,5,9,11H2,1H3,(H,22,24). The molecule has 0 fully saturated rings. The van der Waals surface area contributed by atoms with Gasteiger partial charge in [-0.1, -0.05) is 0 Å². The Kier molecular flexibility index (Phi) is 3.92. The van der Waals surface area contributed by atoms with Gasteiger partial charge in [-0.2, -0.15) is 0 Å². The molecule has 0 aliphatic heterocycles. The van der Waals surface area contributed by atoms with E-state index in [4.69, 9.17) is 4.74 Å². The molecule has 25 heavy (non-hydrogen) atoms.